The summed E-state index contributed by atoms with van der Waals surface area (Å²) in [5.74, 6) is 0. The lowest BCUT2D eigenvalue weighted by atomic mass is 10.0. The zero-order valence-electron chi connectivity index (χ0n) is 6.31. The first-order valence-electron chi connectivity index (χ1n) is 3.10. The molecule has 0 saturated heterocycles. The van der Waals surface area contributed by atoms with Crippen molar-refractivity contribution in [3.8, 4) is 0 Å². The number of halogens is 3. The molecule has 0 aromatic rings. The van der Waals surface area contributed by atoms with Gasteiger partial charge < -0.3 is 10.2 Å². The molecule has 2 nitrogen and oxygen atoms in total. The summed E-state index contributed by atoms with van der Waals surface area (Å²) in [5.41, 5.74) is -1.02. The highest BCUT2D eigenvalue weighted by molar-refractivity contribution is 6.68. The molecule has 5 heteroatoms. The van der Waals surface area contributed by atoms with Gasteiger partial charge in [-0.3, -0.25) is 0 Å². The first-order chi connectivity index (χ1) is 4.63. The predicted octanol–water partition coefficient (Wildman–Crippen LogP) is 1.88. The highest BCUT2D eigenvalue weighted by atomic mass is 35.6. The minimum absolute atomic E-state index is 0.0312. The SMILES string of the molecule is CC(C)(O)C[C@@H](O)C(Cl)(Cl)Cl. The third-order valence-electron chi connectivity index (χ3n) is 1.07. The molecule has 0 amide bonds. The Labute approximate surface area is 81.1 Å². The number of hydrogen-bond donors (Lipinski definition) is 2. The van der Waals surface area contributed by atoms with E-state index in [0.29, 0.717) is 0 Å². The minimum atomic E-state index is -1.72. The molecule has 0 spiro atoms. The van der Waals surface area contributed by atoms with Crippen LogP contribution in [0.1, 0.15) is 20.3 Å². The van der Waals surface area contributed by atoms with Gasteiger partial charge in [0, 0.05) is 6.42 Å². The number of aliphatic hydroxyl groups excluding tert-OH is 1. The number of alkyl halides is 3. The van der Waals surface area contributed by atoms with Crippen molar-refractivity contribution in [3.63, 3.8) is 0 Å². The van der Waals surface area contributed by atoms with E-state index in [1.807, 2.05) is 0 Å². The first-order valence-corrected chi connectivity index (χ1v) is 4.23. The van der Waals surface area contributed by atoms with Crippen LogP contribution >= 0.6 is 34.8 Å². The Morgan fingerprint density at radius 3 is 1.73 bits per heavy atom. The molecule has 0 radical (unpaired) electrons. The average molecular weight is 222 g/mol. The lowest BCUT2D eigenvalue weighted by Gasteiger charge is -2.25. The van der Waals surface area contributed by atoms with E-state index in [0.717, 1.165) is 0 Å². The van der Waals surface area contributed by atoms with Crippen LogP contribution < -0.4 is 0 Å². The third kappa shape index (κ3) is 6.00. The maximum absolute atomic E-state index is 9.22. The van der Waals surface area contributed by atoms with E-state index in [9.17, 15) is 5.11 Å². The van der Waals surface area contributed by atoms with Gasteiger partial charge in [0.1, 0.15) is 6.10 Å². The highest BCUT2D eigenvalue weighted by Crippen LogP contribution is 2.33. The maximum Gasteiger partial charge on any atom is 0.216 e. The van der Waals surface area contributed by atoms with E-state index >= 15 is 0 Å². The second kappa shape index (κ2) is 3.67. The first kappa shape index (κ1) is 11.8. The molecule has 2 N–H and O–H groups in total. The van der Waals surface area contributed by atoms with Crippen molar-refractivity contribution >= 4 is 34.8 Å². The molecule has 1 atom stereocenters. The second-order valence-corrected chi connectivity index (χ2v) is 5.44. The molecule has 68 valence electrons. The normalized spacial score (nSPS) is 16.6. The van der Waals surface area contributed by atoms with E-state index in [4.69, 9.17) is 39.9 Å². The van der Waals surface area contributed by atoms with Crippen molar-refractivity contribution in [3.05, 3.63) is 0 Å². The Bertz CT molecular complexity index is 125. The van der Waals surface area contributed by atoms with E-state index in [1.54, 1.807) is 0 Å². The van der Waals surface area contributed by atoms with Crippen LogP contribution in [0.15, 0.2) is 0 Å². The molecule has 0 aliphatic carbocycles. The van der Waals surface area contributed by atoms with Crippen molar-refractivity contribution in [2.75, 3.05) is 0 Å². The number of hydrogen-bond acceptors (Lipinski definition) is 2. The topological polar surface area (TPSA) is 40.5 Å². The van der Waals surface area contributed by atoms with Crippen LogP contribution in [-0.2, 0) is 0 Å². The lowest BCUT2D eigenvalue weighted by Crippen LogP contribution is -2.34. The molecule has 0 bridgehead atoms. The van der Waals surface area contributed by atoms with Crippen molar-refractivity contribution < 1.29 is 10.2 Å². The minimum Gasteiger partial charge on any atom is -0.390 e. The Morgan fingerprint density at radius 2 is 1.64 bits per heavy atom. The number of rotatable bonds is 2. The monoisotopic (exact) mass is 220 g/mol. The predicted molar refractivity (Wildman–Crippen MR) is 47.2 cm³/mol. The second-order valence-electron chi connectivity index (χ2n) is 3.07. The standard InChI is InChI=1S/C6H11Cl3O2/c1-5(2,11)3-4(10)6(7,8)9/h4,10-11H,3H2,1-2H3/t4-/m1/s1. The van der Waals surface area contributed by atoms with Crippen LogP contribution in [0, 0.1) is 0 Å². The van der Waals surface area contributed by atoms with Gasteiger partial charge in [-0.25, -0.2) is 0 Å². The van der Waals surface area contributed by atoms with Crippen LogP contribution in [-0.4, -0.2) is 25.7 Å². The van der Waals surface area contributed by atoms with Crippen LogP contribution in [0.2, 0.25) is 0 Å². The fourth-order valence-corrected chi connectivity index (χ4v) is 0.820. The molecular formula is C6H11Cl3O2. The van der Waals surface area contributed by atoms with E-state index < -0.39 is 15.5 Å². The fraction of sp³-hybridized carbons (Fsp3) is 1.00. The molecule has 0 aliphatic rings. The van der Waals surface area contributed by atoms with Gasteiger partial charge in [0.2, 0.25) is 3.79 Å². The van der Waals surface area contributed by atoms with Crippen molar-refractivity contribution in [1.29, 1.82) is 0 Å². The molecular weight excluding hydrogens is 210 g/mol. The summed E-state index contributed by atoms with van der Waals surface area (Å²) in [6.07, 6.45) is -1.11. The van der Waals surface area contributed by atoms with Crippen LogP contribution in [0.25, 0.3) is 0 Å². The summed E-state index contributed by atoms with van der Waals surface area (Å²) in [6, 6.07) is 0. The summed E-state index contributed by atoms with van der Waals surface area (Å²) in [7, 11) is 0. The summed E-state index contributed by atoms with van der Waals surface area (Å²) >= 11 is 16.1. The molecule has 0 heterocycles. The molecule has 11 heavy (non-hydrogen) atoms. The van der Waals surface area contributed by atoms with Crippen LogP contribution in [0.3, 0.4) is 0 Å². The molecule has 0 rings (SSSR count). The van der Waals surface area contributed by atoms with Gasteiger partial charge in [-0.05, 0) is 13.8 Å². The highest BCUT2D eigenvalue weighted by Gasteiger charge is 2.34. The zero-order valence-corrected chi connectivity index (χ0v) is 8.58. The fourth-order valence-electron chi connectivity index (χ4n) is 0.589. The van der Waals surface area contributed by atoms with Gasteiger partial charge in [0.25, 0.3) is 0 Å². The summed E-state index contributed by atoms with van der Waals surface area (Å²) in [5, 5.41) is 18.4. The van der Waals surface area contributed by atoms with Gasteiger partial charge in [-0.15, -0.1) is 0 Å². The van der Waals surface area contributed by atoms with Gasteiger partial charge in [0.05, 0.1) is 5.60 Å². The van der Waals surface area contributed by atoms with Gasteiger partial charge in [-0.2, -0.15) is 0 Å². The van der Waals surface area contributed by atoms with E-state index in [2.05, 4.69) is 0 Å². The molecule has 0 aliphatic heterocycles. The molecule has 0 aromatic heterocycles. The van der Waals surface area contributed by atoms with Gasteiger partial charge >= 0.3 is 0 Å². The number of aliphatic hydroxyl groups is 2. The van der Waals surface area contributed by atoms with E-state index in [1.165, 1.54) is 13.8 Å². The largest absolute Gasteiger partial charge is 0.390 e. The lowest BCUT2D eigenvalue weighted by molar-refractivity contribution is 0.0199. The quantitative estimate of drug-likeness (QED) is 0.699. The smallest absolute Gasteiger partial charge is 0.216 e. The van der Waals surface area contributed by atoms with Crippen LogP contribution in [0.4, 0.5) is 0 Å². The van der Waals surface area contributed by atoms with Crippen molar-refractivity contribution in [1.82, 2.24) is 0 Å². The maximum atomic E-state index is 9.22. The summed E-state index contributed by atoms with van der Waals surface area (Å²) < 4.78 is -1.72. The Kier molecular flexibility index (Phi) is 3.93. The molecule has 0 aromatic carbocycles. The molecule has 0 saturated carbocycles. The van der Waals surface area contributed by atoms with E-state index in [-0.39, 0.29) is 6.42 Å². The third-order valence-corrected chi connectivity index (χ3v) is 1.83. The summed E-state index contributed by atoms with van der Waals surface area (Å²) in [6.45, 7) is 3.07. The molecule has 0 unspecified atom stereocenters. The summed E-state index contributed by atoms with van der Waals surface area (Å²) in [4.78, 5) is 0. The average Bonchev–Trinajstić information content (AvgIpc) is 1.56. The molecule has 0 fully saturated rings. The Hall–Kier alpha value is 0.790. The zero-order chi connectivity index (χ0) is 9.28. The Balaban J connectivity index is 3.99. The van der Waals surface area contributed by atoms with Crippen LogP contribution in [0.5, 0.6) is 0 Å². The van der Waals surface area contributed by atoms with Crippen molar-refractivity contribution in [2.45, 2.75) is 35.8 Å². The Morgan fingerprint density at radius 1 is 1.27 bits per heavy atom. The van der Waals surface area contributed by atoms with Crippen molar-refractivity contribution in [2.24, 2.45) is 0 Å². The van der Waals surface area contributed by atoms with Gasteiger partial charge in [0.15, 0.2) is 0 Å². The van der Waals surface area contributed by atoms with Gasteiger partial charge in [-0.1, -0.05) is 34.8 Å².